The van der Waals surface area contributed by atoms with Gasteiger partial charge in [-0.05, 0) is 50.2 Å². The van der Waals surface area contributed by atoms with Crippen LogP contribution < -0.4 is 0 Å². The van der Waals surface area contributed by atoms with Gasteiger partial charge in [-0.1, -0.05) is 38.3 Å². The third-order valence-electron chi connectivity index (χ3n) is 4.33. The maximum Gasteiger partial charge on any atom is 0.183 e. The Labute approximate surface area is 120 Å². The van der Waals surface area contributed by atoms with Gasteiger partial charge in [0.1, 0.15) is 0 Å². The number of carbonyl (C=O) groups excluding carboxylic acids is 1. The minimum atomic E-state index is -0.280. The number of Topliss-reactive ketones (excluding diaryl/α,β-unsaturated/α-hetero) is 1. The van der Waals surface area contributed by atoms with E-state index in [1.165, 1.54) is 0 Å². The van der Waals surface area contributed by atoms with Gasteiger partial charge >= 0.3 is 0 Å². The van der Waals surface area contributed by atoms with Gasteiger partial charge in [0.2, 0.25) is 0 Å². The summed E-state index contributed by atoms with van der Waals surface area (Å²) in [6, 6.07) is 7.32. The second-order valence-corrected chi connectivity index (χ2v) is 5.68. The molecule has 1 aromatic carbocycles. The van der Waals surface area contributed by atoms with Crippen molar-refractivity contribution in [3.8, 4) is 0 Å². The van der Waals surface area contributed by atoms with E-state index in [9.17, 15) is 4.79 Å². The minimum Gasteiger partial charge on any atom is -0.292 e. The van der Waals surface area contributed by atoms with Crippen LogP contribution in [0.3, 0.4) is 0 Å². The van der Waals surface area contributed by atoms with Crippen molar-refractivity contribution in [1.82, 2.24) is 4.90 Å². The summed E-state index contributed by atoms with van der Waals surface area (Å²) < 4.78 is 0. The molecular weight excluding hydrogens is 258 g/mol. The van der Waals surface area contributed by atoms with Crippen LogP contribution in [0.4, 0.5) is 0 Å². The predicted molar refractivity (Wildman–Crippen MR) is 79.9 cm³/mol. The lowest BCUT2D eigenvalue weighted by atomic mass is 9.85. The molecule has 0 unspecified atom stereocenters. The van der Waals surface area contributed by atoms with E-state index in [0.717, 1.165) is 44.3 Å². The van der Waals surface area contributed by atoms with Crippen LogP contribution in [0.25, 0.3) is 0 Å². The maximum atomic E-state index is 13.0. The largest absolute Gasteiger partial charge is 0.292 e. The average Bonchev–Trinajstić information content (AvgIpc) is 2.91. The van der Waals surface area contributed by atoms with Crippen LogP contribution in [0.1, 0.15) is 49.9 Å². The Morgan fingerprint density at radius 2 is 1.68 bits per heavy atom. The van der Waals surface area contributed by atoms with E-state index in [2.05, 4.69) is 18.7 Å². The first-order valence-corrected chi connectivity index (χ1v) is 7.57. The third-order valence-corrected chi connectivity index (χ3v) is 4.58. The van der Waals surface area contributed by atoms with Crippen molar-refractivity contribution in [3.05, 3.63) is 34.9 Å². The molecule has 0 saturated heterocycles. The molecule has 0 amide bonds. The number of likely N-dealkylation sites (N-methyl/N-ethyl adjacent to an activating group) is 1. The number of ketones is 1. The number of halogens is 1. The van der Waals surface area contributed by atoms with Gasteiger partial charge in [-0.3, -0.25) is 9.69 Å². The normalized spacial score (nSPS) is 17.9. The molecule has 1 aliphatic rings. The number of hydrogen-bond donors (Lipinski definition) is 0. The molecule has 2 rings (SSSR count). The van der Waals surface area contributed by atoms with Crippen molar-refractivity contribution in [2.45, 2.75) is 45.1 Å². The number of carbonyl (C=O) groups is 1. The highest BCUT2D eigenvalue weighted by atomic mass is 35.5. The number of nitrogens with zero attached hydrogens (tertiary/aromatic N) is 1. The van der Waals surface area contributed by atoms with E-state index in [4.69, 9.17) is 11.6 Å². The van der Waals surface area contributed by atoms with Crippen LogP contribution in [0, 0.1) is 0 Å². The highest BCUT2D eigenvalue weighted by Crippen LogP contribution is 2.38. The van der Waals surface area contributed by atoms with Gasteiger partial charge < -0.3 is 0 Å². The summed E-state index contributed by atoms with van der Waals surface area (Å²) >= 11 is 5.91. The van der Waals surface area contributed by atoms with E-state index in [1.54, 1.807) is 12.1 Å². The average molecular weight is 280 g/mol. The monoisotopic (exact) mass is 279 g/mol. The molecule has 1 aliphatic carbocycles. The summed E-state index contributed by atoms with van der Waals surface area (Å²) in [6.45, 7) is 6.13. The number of rotatable bonds is 5. The van der Waals surface area contributed by atoms with E-state index in [-0.39, 0.29) is 11.3 Å². The maximum absolute atomic E-state index is 13.0. The lowest BCUT2D eigenvalue weighted by Gasteiger charge is -2.39. The second-order valence-electron chi connectivity index (χ2n) is 5.25. The quantitative estimate of drug-likeness (QED) is 0.754. The standard InChI is InChI=1S/C16H22ClNO/c1-3-18(4-2)16(11-5-6-12-16)15(19)13-7-9-14(17)10-8-13/h7-10H,3-6,11-12H2,1-2H3. The smallest absolute Gasteiger partial charge is 0.183 e. The molecule has 0 aromatic heterocycles. The zero-order valence-electron chi connectivity index (χ0n) is 11.8. The molecule has 3 heteroatoms. The van der Waals surface area contributed by atoms with E-state index in [0.29, 0.717) is 5.02 Å². The van der Waals surface area contributed by atoms with Crippen molar-refractivity contribution in [2.24, 2.45) is 0 Å². The highest BCUT2D eigenvalue weighted by Gasteiger charge is 2.44. The van der Waals surface area contributed by atoms with Crippen LogP contribution in [0.15, 0.2) is 24.3 Å². The first-order chi connectivity index (χ1) is 9.14. The first-order valence-electron chi connectivity index (χ1n) is 7.19. The molecule has 0 radical (unpaired) electrons. The molecule has 104 valence electrons. The van der Waals surface area contributed by atoms with Gasteiger partial charge in [-0.25, -0.2) is 0 Å². The summed E-state index contributed by atoms with van der Waals surface area (Å²) in [4.78, 5) is 15.3. The molecule has 1 aromatic rings. The van der Waals surface area contributed by atoms with Gasteiger partial charge in [0.15, 0.2) is 5.78 Å². The van der Waals surface area contributed by atoms with E-state index in [1.807, 2.05) is 12.1 Å². The van der Waals surface area contributed by atoms with Gasteiger partial charge in [0, 0.05) is 10.6 Å². The summed E-state index contributed by atoms with van der Waals surface area (Å²) in [5.41, 5.74) is 0.510. The van der Waals surface area contributed by atoms with Crippen molar-refractivity contribution in [3.63, 3.8) is 0 Å². The lowest BCUT2D eigenvalue weighted by molar-refractivity contribution is 0.0584. The summed E-state index contributed by atoms with van der Waals surface area (Å²) in [7, 11) is 0. The molecule has 1 saturated carbocycles. The topological polar surface area (TPSA) is 20.3 Å². The van der Waals surface area contributed by atoms with Gasteiger partial charge in [0.05, 0.1) is 5.54 Å². The van der Waals surface area contributed by atoms with Gasteiger partial charge in [-0.15, -0.1) is 0 Å². The Hall–Kier alpha value is -0.860. The summed E-state index contributed by atoms with van der Waals surface area (Å²) in [5, 5.41) is 0.680. The van der Waals surface area contributed by atoms with Crippen LogP contribution in [-0.4, -0.2) is 29.3 Å². The fourth-order valence-electron chi connectivity index (χ4n) is 3.35. The highest BCUT2D eigenvalue weighted by molar-refractivity contribution is 6.30. The number of benzene rings is 1. The molecule has 19 heavy (non-hydrogen) atoms. The van der Waals surface area contributed by atoms with Crippen LogP contribution in [-0.2, 0) is 0 Å². The fourth-order valence-corrected chi connectivity index (χ4v) is 3.47. The molecule has 1 fully saturated rings. The second kappa shape index (κ2) is 6.06. The van der Waals surface area contributed by atoms with E-state index < -0.39 is 0 Å². The lowest BCUT2D eigenvalue weighted by Crippen LogP contribution is -2.52. The van der Waals surface area contributed by atoms with Crippen molar-refractivity contribution < 1.29 is 4.79 Å². The van der Waals surface area contributed by atoms with E-state index >= 15 is 0 Å². The molecule has 0 bridgehead atoms. The Kier molecular flexibility index (Phi) is 4.64. The Morgan fingerprint density at radius 1 is 1.16 bits per heavy atom. The van der Waals surface area contributed by atoms with Crippen LogP contribution >= 0.6 is 11.6 Å². The Bertz CT molecular complexity index is 431. The SMILES string of the molecule is CCN(CC)C1(C(=O)c2ccc(Cl)cc2)CCCC1. The molecule has 0 atom stereocenters. The number of hydrogen-bond acceptors (Lipinski definition) is 2. The van der Waals surface area contributed by atoms with Crippen molar-refractivity contribution in [1.29, 1.82) is 0 Å². The molecule has 0 aliphatic heterocycles. The molecule has 0 N–H and O–H groups in total. The van der Waals surface area contributed by atoms with Crippen LogP contribution in [0.5, 0.6) is 0 Å². The fraction of sp³-hybridized carbons (Fsp3) is 0.562. The predicted octanol–water partition coefficient (Wildman–Crippen LogP) is 4.18. The van der Waals surface area contributed by atoms with Crippen LogP contribution in [0.2, 0.25) is 5.02 Å². The van der Waals surface area contributed by atoms with Gasteiger partial charge in [-0.2, -0.15) is 0 Å². The Balaban J connectivity index is 2.33. The van der Waals surface area contributed by atoms with Crippen molar-refractivity contribution >= 4 is 17.4 Å². The third kappa shape index (κ3) is 2.70. The first kappa shape index (κ1) is 14.5. The Morgan fingerprint density at radius 3 is 2.16 bits per heavy atom. The summed E-state index contributed by atoms with van der Waals surface area (Å²) in [6.07, 6.45) is 4.26. The van der Waals surface area contributed by atoms with Crippen molar-refractivity contribution in [2.75, 3.05) is 13.1 Å². The molecule has 2 nitrogen and oxygen atoms in total. The summed E-state index contributed by atoms with van der Waals surface area (Å²) in [5.74, 6) is 0.269. The zero-order chi connectivity index (χ0) is 13.9. The molecule has 0 spiro atoms. The van der Waals surface area contributed by atoms with Gasteiger partial charge in [0.25, 0.3) is 0 Å². The molecule has 0 heterocycles. The minimum absolute atomic E-state index is 0.269. The zero-order valence-corrected chi connectivity index (χ0v) is 12.5. The molecular formula is C16H22ClNO.